The fourth-order valence-corrected chi connectivity index (χ4v) is 1.76. The third kappa shape index (κ3) is 2.28. The molecule has 0 radical (unpaired) electrons. The van der Waals surface area contributed by atoms with Crippen molar-refractivity contribution in [3.05, 3.63) is 44.8 Å². The molecular weight excluding hydrogens is 287 g/mol. The molecule has 0 unspecified atom stereocenters. The van der Waals surface area contributed by atoms with Crippen LogP contribution in [0.4, 0.5) is 13.2 Å². The number of alkyl halides is 3. The molecular formula is C11H5ClF3NO3. The van der Waals surface area contributed by atoms with Gasteiger partial charge in [-0.05, 0) is 18.2 Å². The lowest BCUT2D eigenvalue weighted by Gasteiger charge is -2.10. The van der Waals surface area contributed by atoms with Crippen molar-refractivity contribution in [1.29, 1.82) is 0 Å². The van der Waals surface area contributed by atoms with Crippen LogP contribution >= 0.6 is 11.6 Å². The van der Waals surface area contributed by atoms with E-state index >= 15 is 0 Å². The van der Waals surface area contributed by atoms with Crippen LogP contribution in [0, 0.1) is 0 Å². The van der Waals surface area contributed by atoms with Gasteiger partial charge >= 0.3 is 6.18 Å². The Kier molecular flexibility index (Phi) is 3.01. The van der Waals surface area contributed by atoms with Crippen LogP contribution in [-0.2, 0) is 6.18 Å². The summed E-state index contributed by atoms with van der Waals surface area (Å²) in [5.41, 5.74) is 2.08. The van der Waals surface area contributed by atoms with Crippen LogP contribution in [0.15, 0.2) is 27.4 Å². The zero-order valence-electron chi connectivity index (χ0n) is 9.05. The Morgan fingerprint density at radius 3 is 2.47 bits per heavy atom. The number of fused-ring (bicyclic) bond motifs is 1. The average Bonchev–Trinajstić information content (AvgIpc) is 2.27. The molecule has 0 aliphatic heterocycles. The number of carbonyl (C=O) groups excluding carboxylic acids is 1. The van der Waals surface area contributed by atoms with Crippen LogP contribution in [0.1, 0.15) is 16.1 Å². The maximum absolute atomic E-state index is 12.7. The molecule has 1 aromatic heterocycles. The molecule has 0 saturated carbocycles. The fraction of sp³-hybridized carbons (Fsp3) is 0.0909. The molecule has 100 valence electrons. The molecule has 0 aliphatic rings. The van der Waals surface area contributed by atoms with Crippen LogP contribution in [0.5, 0.6) is 0 Å². The summed E-state index contributed by atoms with van der Waals surface area (Å²) in [4.78, 5) is 22.9. The van der Waals surface area contributed by atoms with E-state index in [2.05, 4.69) is 4.42 Å². The second-order valence-corrected chi connectivity index (χ2v) is 4.07. The van der Waals surface area contributed by atoms with Gasteiger partial charge < -0.3 is 10.2 Å². The molecule has 0 saturated heterocycles. The number of hydrogen-bond donors (Lipinski definition) is 1. The number of primary amides is 1. The van der Waals surface area contributed by atoms with Gasteiger partial charge in [-0.15, -0.1) is 0 Å². The van der Waals surface area contributed by atoms with E-state index in [-0.39, 0.29) is 16.0 Å². The van der Waals surface area contributed by atoms with Gasteiger partial charge in [0, 0.05) is 5.02 Å². The van der Waals surface area contributed by atoms with E-state index in [1.807, 2.05) is 0 Å². The highest BCUT2D eigenvalue weighted by Crippen LogP contribution is 2.33. The van der Waals surface area contributed by atoms with Crippen molar-refractivity contribution in [3.63, 3.8) is 0 Å². The Labute approximate surface area is 108 Å². The first-order valence-electron chi connectivity index (χ1n) is 4.85. The maximum atomic E-state index is 12.7. The monoisotopic (exact) mass is 291 g/mol. The molecule has 8 heteroatoms. The molecule has 1 amide bonds. The van der Waals surface area contributed by atoms with Gasteiger partial charge in [0.15, 0.2) is 0 Å². The summed E-state index contributed by atoms with van der Waals surface area (Å²) in [6.45, 7) is 0. The van der Waals surface area contributed by atoms with E-state index in [4.69, 9.17) is 17.3 Å². The number of halogens is 4. The van der Waals surface area contributed by atoms with Gasteiger partial charge in [-0.2, -0.15) is 13.2 Å². The predicted molar refractivity (Wildman–Crippen MR) is 61.0 cm³/mol. The summed E-state index contributed by atoms with van der Waals surface area (Å²) in [6, 6.07) is 3.48. The van der Waals surface area contributed by atoms with Crippen molar-refractivity contribution < 1.29 is 22.4 Å². The molecule has 1 aromatic carbocycles. The first kappa shape index (κ1) is 13.4. The Hall–Kier alpha value is -2.02. The first-order valence-corrected chi connectivity index (χ1v) is 5.23. The molecule has 0 atom stereocenters. The van der Waals surface area contributed by atoms with E-state index < -0.39 is 28.8 Å². The molecule has 1 heterocycles. The molecule has 19 heavy (non-hydrogen) atoms. The van der Waals surface area contributed by atoms with E-state index in [1.54, 1.807) is 0 Å². The number of amides is 1. The lowest BCUT2D eigenvalue weighted by atomic mass is 10.1. The Balaban J connectivity index is 2.99. The van der Waals surface area contributed by atoms with Crippen LogP contribution in [0.25, 0.3) is 11.0 Å². The second kappa shape index (κ2) is 4.27. The number of nitrogens with two attached hydrogens (primary N) is 1. The van der Waals surface area contributed by atoms with Crippen molar-refractivity contribution in [2.75, 3.05) is 0 Å². The molecule has 0 bridgehead atoms. The van der Waals surface area contributed by atoms with E-state index in [0.717, 1.165) is 12.1 Å². The minimum atomic E-state index is -5.00. The minimum absolute atomic E-state index is 0.120. The highest BCUT2D eigenvalue weighted by molar-refractivity contribution is 6.31. The van der Waals surface area contributed by atoms with Gasteiger partial charge in [-0.25, -0.2) is 0 Å². The summed E-state index contributed by atoms with van der Waals surface area (Å²) in [6.07, 6.45) is -5.00. The minimum Gasteiger partial charge on any atom is -0.450 e. The van der Waals surface area contributed by atoms with Crippen LogP contribution in [-0.4, -0.2) is 5.91 Å². The van der Waals surface area contributed by atoms with Crippen molar-refractivity contribution in [2.24, 2.45) is 5.73 Å². The van der Waals surface area contributed by atoms with Gasteiger partial charge in [0.2, 0.25) is 11.2 Å². The van der Waals surface area contributed by atoms with Gasteiger partial charge in [0.1, 0.15) is 11.1 Å². The van der Waals surface area contributed by atoms with E-state index in [0.29, 0.717) is 0 Å². The number of hydrogen-bond acceptors (Lipinski definition) is 3. The standard InChI is InChI=1S/C11H5ClF3NO3/c12-4-1-2-6-5(3-4)8(17)7(10(16)18)9(19-6)11(13,14)15/h1-3H,(H2,16,18). The summed E-state index contributed by atoms with van der Waals surface area (Å²) < 4.78 is 42.8. The average molecular weight is 292 g/mol. The third-order valence-corrected chi connectivity index (χ3v) is 2.59. The topological polar surface area (TPSA) is 73.3 Å². The zero-order chi connectivity index (χ0) is 14.4. The van der Waals surface area contributed by atoms with Gasteiger partial charge in [-0.3, -0.25) is 9.59 Å². The predicted octanol–water partition coefficient (Wildman–Crippen LogP) is 2.56. The third-order valence-electron chi connectivity index (χ3n) is 2.36. The van der Waals surface area contributed by atoms with E-state index in [9.17, 15) is 22.8 Å². The first-order chi connectivity index (χ1) is 8.71. The lowest BCUT2D eigenvalue weighted by Crippen LogP contribution is -2.27. The van der Waals surface area contributed by atoms with Crippen LogP contribution in [0.3, 0.4) is 0 Å². The number of rotatable bonds is 1. The fourth-order valence-electron chi connectivity index (χ4n) is 1.59. The lowest BCUT2D eigenvalue weighted by molar-refractivity contribution is -0.153. The smallest absolute Gasteiger partial charge is 0.450 e. The molecule has 0 fully saturated rings. The number of carbonyl (C=O) groups is 1. The molecule has 0 spiro atoms. The van der Waals surface area contributed by atoms with E-state index in [1.165, 1.54) is 6.07 Å². The summed E-state index contributed by atoms with van der Waals surface area (Å²) in [5, 5.41) is -0.121. The van der Waals surface area contributed by atoms with Crippen molar-refractivity contribution in [1.82, 2.24) is 0 Å². The van der Waals surface area contributed by atoms with Crippen molar-refractivity contribution in [2.45, 2.75) is 6.18 Å². The van der Waals surface area contributed by atoms with Crippen LogP contribution < -0.4 is 11.2 Å². The number of benzene rings is 1. The highest BCUT2D eigenvalue weighted by atomic mass is 35.5. The normalized spacial score (nSPS) is 11.8. The van der Waals surface area contributed by atoms with Gasteiger partial charge in [0.25, 0.3) is 5.91 Å². The van der Waals surface area contributed by atoms with Gasteiger partial charge in [0.05, 0.1) is 5.39 Å². The summed E-state index contributed by atoms with van der Waals surface area (Å²) in [5.74, 6) is -3.22. The molecule has 4 nitrogen and oxygen atoms in total. The maximum Gasteiger partial charge on any atom is 0.450 e. The SMILES string of the molecule is NC(=O)c1c(C(F)(F)F)oc2ccc(Cl)cc2c1=O. The van der Waals surface area contributed by atoms with Gasteiger partial charge in [-0.1, -0.05) is 11.6 Å². The zero-order valence-corrected chi connectivity index (χ0v) is 9.80. The quantitative estimate of drug-likeness (QED) is 0.877. The summed E-state index contributed by atoms with van der Waals surface area (Å²) >= 11 is 5.63. The Morgan fingerprint density at radius 2 is 1.95 bits per heavy atom. The highest BCUT2D eigenvalue weighted by Gasteiger charge is 2.40. The largest absolute Gasteiger partial charge is 0.450 e. The molecule has 2 rings (SSSR count). The molecule has 2 aromatic rings. The Morgan fingerprint density at radius 1 is 1.32 bits per heavy atom. The van der Waals surface area contributed by atoms with Crippen molar-refractivity contribution >= 4 is 28.5 Å². The Bertz CT molecular complexity index is 736. The molecule has 0 aliphatic carbocycles. The summed E-state index contributed by atoms with van der Waals surface area (Å²) in [7, 11) is 0. The van der Waals surface area contributed by atoms with Crippen LogP contribution in [0.2, 0.25) is 5.02 Å². The molecule has 2 N–H and O–H groups in total. The second-order valence-electron chi connectivity index (χ2n) is 3.64. The van der Waals surface area contributed by atoms with Crippen molar-refractivity contribution in [3.8, 4) is 0 Å².